The van der Waals surface area contributed by atoms with Gasteiger partial charge < -0.3 is 10.8 Å². The van der Waals surface area contributed by atoms with E-state index in [1.807, 2.05) is 12.3 Å². The molecular formula is C10H14BrNOS. The third kappa shape index (κ3) is 3.28. The molecular weight excluding hydrogens is 262 g/mol. The van der Waals surface area contributed by atoms with Crippen molar-refractivity contribution in [2.45, 2.75) is 17.4 Å². The van der Waals surface area contributed by atoms with Gasteiger partial charge in [-0.3, -0.25) is 0 Å². The van der Waals surface area contributed by atoms with Crippen molar-refractivity contribution in [3.05, 3.63) is 28.2 Å². The van der Waals surface area contributed by atoms with Crippen LogP contribution in [-0.4, -0.2) is 18.0 Å². The first-order valence-corrected chi connectivity index (χ1v) is 6.40. The molecule has 0 fully saturated rings. The van der Waals surface area contributed by atoms with Gasteiger partial charge in [-0.2, -0.15) is 0 Å². The Morgan fingerprint density at radius 2 is 2.21 bits per heavy atom. The third-order valence-electron chi connectivity index (χ3n) is 2.00. The van der Waals surface area contributed by atoms with Gasteiger partial charge in [-0.1, -0.05) is 15.9 Å². The van der Waals surface area contributed by atoms with Gasteiger partial charge in [0, 0.05) is 22.0 Å². The summed E-state index contributed by atoms with van der Waals surface area (Å²) in [4.78, 5) is 1.18. The molecule has 14 heavy (non-hydrogen) atoms. The molecule has 0 radical (unpaired) electrons. The van der Waals surface area contributed by atoms with Crippen LogP contribution in [0.15, 0.2) is 27.6 Å². The van der Waals surface area contributed by atoms with Gasteiger partial charge in [0.2, 0.25) is 0 Å². The predicted octanol–water partition coefficient (Wildman–Crippen LogP) is 2.55. The Hall–Kier alpha value is -0.0300. The number of nitrogens with two attached hydrogens (primary N) is 1. The maximum absolute atomic E-state index is 8.80. The molecule has 1 aromatic carbocycles. The zero-order valence-corrected chi connectivity index (χ0v) is 10.4. The minimum atomic E-state index is -0.0802. The monoisotopic (exact) mass is 275 g/mol. The fourth-order valence-electron chi connectivity index (χ4n) is 1.22. The highest BCUT2D eigenvalue weighted by Gasteiger charge is 2.07. The summed E-state index contributed by atoms with van der Waals surface area (Å²) in [6.07, 6.45) is 2.63. The standard InChI is InChI=1S/C10H14BrNOS/c1-14-9-5-7(4-8(11)6-9)10(12)2-3-13/h4-6,10,13H,2-3,12H2,1H3. The maximum atomic E-state index is 8.80. The second-order valence-electron chi connectivity index (χ2n) is 3.04. The number of hydrogen-bond donors (Lipinski definition) is 2. The van der Waals surface area contributed by atoms with E-state index in [0.717, 1.165) is 10.0 Å². The van der Waals surface area contributed by atoms with Gasteiger partial charge in [0.05, 0.1) is 0 Å². The minimum absolute atomic E-state index is 0.0802. The number of aliphatic hydroxyl groups is 1. The molecule has 3 N–H and O–H groups in total. The first kappa shape index (κ1) is 12.0. The molecule has 0 amide bonds. The van der Waals surface area contributed by atoms with Crippen LogP contribution in [0, 0.1) is 0 Å². The molecule has 0 saturated heterocycles. The van der Waals surface area contributed by atoms with Crippen LogP contribution in [0.1, 0.15) is 18.0 Å². The zero-order chi connectivity index (χ0) is 10.6. The van der Waals surface area contributed by atoms with Crippen LogP contribution >= 0.6 is 27.7 Å². The summed E-state index contributed by atoms with van der Waals surface area (Å²) in [6, 6.07) is 6.04. The minimum Gasteiger partial charge on any atom is -0.396 e. The summed E-state index contributed by atoms with van der Waals surface area (Å²) >= 11 is 5.13. The van der Waals surface area contributed by atoms with Gasteiger partial charge >= 0.3 is 0 Å². The highest BCUT2D eigenvalue weighted by atomic mass is 79.9. The molecule has 0 saturated carbocycles. The van der Waals surface area contributed by atoms with Crippen LogP contribution in [0.3, 0.4) is 0 Å². The van der Waals surface area contributed by atoms with E-state index in [4.69, 9.17) is 10.8 Å². The van der Waals surface area contributed by atoms with E-state index < -0.39 is 0 Å². The maximum Gasteiger partial charge on any atom is 0.0449 e. The van der Waals surface area contributed by atoms with Crippen LogP contribution in [0.2, 0.25) is 0 Å². The van der Waals surface area contributed by atoms with Crippen molar-refractivity contribution in [2.24, 2.45) is 5.73 Å². The van der Waals surface area contributed by atoms with Crippen LogP contribution in [0.4, 0.5) is 0 Å². The van der Waals surface area contributed by atoms with Crippen LogP contribution < -0.4 is 5.73 Å². The van der Waals surface area contributed by atoms with Crippen molar-refractivity contribution < 1.29 is 5.11 Å². The second-order valence-corrected chi connectivity index (χ2v) is 4.84. The number of hydrogen-bond acceptors (Lipinski definition) is 3. The summed E-state index contributed by atoms with van der Waals surface area (Å²) in [6.45, 7) is 0.127. The second kappa shape index (κ2) is 5.75. The molecule has 0 spiro atoms. The van der Waals surface area contributed by atoms with E-state index in [1.165, 1.54) is 4.90 Å². The lowest BCUT2D eigenvalue weighted by molar-refractivity contribution is 0.276. The smallest absolute Gasteiger partial charge is 0.0449 e. The molecule has 0 aliphatic rings. The Bertz CT molecular complexity index is 306. The molecule has 0 heterocycles. The quantitative estimate of drug-likeness (QED) is 0.831. The van der Waals surface area contributed by atoms with E-state index in [0.29, 0.717) is 6.42 Å². The Kier molecular flexibility index (Phi) is 4.95. The molecule has 0 aliphatic carbocycles. The number of rotatable bonds is 4. The lowest BCUT2D eigenvalue weighted by atomic mass is 10.1. The Balaban J connectivity index is 2.90. The van der Waals surface area contributed by atoms with Gasteiger partial charge in [0.25, 0.3) is 0 Å². The Morgan fingerprint density at radius 1 is 1.50 bits per heavy atom. The number of benzene rings is 1. The highest BCUT2D eigenvalue weighted by molar-refractivity contribution is 9.10. The molecule has 0 aliphatic heterocycles. The fraction of sp³-hybridized carbons (Fsp3) is 0.400. The Labute approximate surface area is 97.0 Å². The fourth-order valence-corrected chi connectivity index (χ4v) is 2.38. The molecule has 2 nitrogen and oxygen atoms in total. The lowest BCUT2D eigenvalue weighted by Crippen LogP contribution is -2.11. The van der Waals surface area contributed by atoms with Gasteiger partial charge in [0.15, 0.2) is 0 Å². The summed E-state index contributed by atoms with van der Waals surface area (Å²) in [5.41, 5.74) is 6.98. The van der Waals surface area contributed by atoms with E-state index in [-0.39, 0.29) is 12.6 Å². The molecule has 1 unspecified atom stereocenters. The summed E-state index contributed by atoms with van der Waals surface area (Å²) < 4.78 is 1.03. The van der Waals surface area contributed by atoms with Crippen molar-refractivity contribution in [1.82, 2.24) is 0 Å². The van der Waals surface area contributed by atoms with Crippen LogP contribution in [0.25, 0.3) is 0 Å². The summed E-state index contributed by atoms with van der Waals surface area (Å²) in [5.74, 6) is 0. The Morgan fingerprint density at radius 3 is 2.79 bits per heavy atom. The van der Waals surface area contributed by atoms with Crippen LogP contribution in [0.5, 0.6) is 0 Å². The molecule has 78 valence electrons. The molecule has 1 atom stereocenters. The van der Waals surface area contributed by atoms with Crippen molar-refractivity contribution in [1.29, 1.82) is 0 Å². The average molecular weight is 276 g/mol. The SMILES string of the molecule is CSc1cc(Br)cc(C(N)CCO)c1. The van der Waals surface area contributed by atoms with Crippen molar-refractivity contribution >= 4 is 27.7 Å². The molecule has 1 rings (SSSR count). The highest BCUT2D eigenvalue weighted by Crippen LogP contribution is 2.26. The zero-order valence-electron chi connectivity index (χ0n) is 8.03. The average Bonchev–Trinajstić information content (AvgIpc) is 2.17. The largest absolute Gasteiger partial charge is 0.396 e. The van der Waals surface area contributed by atoms with Gasteiger partial charge in [-0.15, -0.1) is 11.8 Å². The van der Waals surface area contributed by atoms with Crippen molar-refractivity contribution in [3.63, 3.8) is 0 Å². The first-order valence-electron chi connectivity index (χ1n) is 4.38. The summed E-state index contributed by atoms with van der Waals surface area (Å²) in [5, 5.41) is 8.80. The van der Waals surface area contributed by atoms with Crippen LogP contribution in [-0.2, 0) is 0 Å². The topological polar surface area (TPSA) is 46.2 Å². The molecule has 0 bridgehead atoms. The number of halogens is 1. The molecule has 1 aromatic rings. The van der Waals surface area contributed by atoms with Gasteiger partial charge in [-0.05, 0) is 36.4 Å². The summed E-state index contributed by atoms with van der Waals surface area (Å²) in [7, 11) is 0. The number of aliphatic hydroxyl groups excluding tert-OH is 1. The predicted molar refractivity (Wildman–Crippen MR) is 64.6 cm³/mol. The first-order chi connectivity index (χ1) is 6.67. The van der Waals surface area contributed by atoms with Crippen molar-refractivity contribution in [2.75, 3.05) is 12.9 Å². The van der Waals surface area contributed by atoms with Gasteiger partial charge in [0.1, 0.15) is 0 Å². The lowest BCUT2D eigenvalue weighted by Gasteiger charge is -2.12. The van der Waals surface area contributed by atoms with Crippen molar-refractivity contribution in [3.8, 4) is 0 Å². The van der Waals surface area contributed by atoms with Gasteiger partial charge in [-0.25, -0.2) is 0 Å². The van der Waals surface area contributed by atoms with E-state index in [9.17, 15) is 0 Å². The third-order valence-corrected chi connectivity index (χ3v) is 3.16. The number of thioether (sulfide) groups is 1. The molecule has 4 heteroatoms. The van der Waals surface area contributed by atoms with E-state index in [2.05, 4.69) is 28.1 Å². The van der Waals surface area contributed by atoms with E-state index in [1.54, 1.807) is 11.8 Å². The van der Waals surface area contributed by atoms with E-state index >= 15 is 0 Å². The normalized spacial score (nSPS) is 12.9. The molecule has 0 aromatic heterocycles.